The first-order valence-electron chi connectivity index (χ1n) is 4.34. The molecule has 0 aromatic heterocycles. The molecule has 0 aliphatic heterocycles. The van der Waals surface area contributed by atoms with E-state index in [2.05, 4.69) is 46.6 Å². The van der Waals surface area contributed by atoms with E-state index in [0.29, 0.717) is 0 Å². The number of hydrogen-bond donors (Lipinski definition) is 1. The van der Waals surface area contributed by atoms with Gasteiger partial charge in [0.1, 0.15) is 0 Å². The van der Waals surface area contributed by atoms with Crippen LogP contribution in [-0.4, -0.2) is 6.54 Å². The van der Waals surface area contributed by atoms with Crippen molar-refractivity contribution in [1.82, 2.24) is 0 Å². The van der Waals surface area contributed by atoms with E-state index in [1.807, 2.05) is 0 Å². The predicted octanol–water partition coefficient (Wildman–Crippen LogP) is 2.32. The third-order valence-corrected chi connectivity index (χ3v) is 2.48. The lowest BCUT2D eigenvalue weighted by molar-refractivity contribution is 0.980. The molecule has 2 heteroatoms. The van der Waals surface area contributed by atoms with Gasteiger partial charge < -0.3 is 5.32 Å². The Balaban J connectivity index is 2.69. The van der Waals surface area contributed by atoms with E-state index >= 15 is 0 Å². The molecule has 1 rings (SSSR count). The molecule has 1 aromatic rings. The molecule has 0 bridgehead atoms. The van der Waals surface area contributed by atoms with E-state index in [9.17, 15) is 0 Å². The van der Waals surface area contributed by atoms with Gasteiger partial charge in [0.2, 0.25) is 0 Å². The van der Waals surface area contributed by atoms with Crippen molar-refractivity contribution in [3.63, 3.8) is 0 Å². The SMILES string of the molecule is CCCNc1ccc(C)c(P)c1. The second-order valence-electron chi connectivity index (χ2n) is 3.00. The zero-order valence-electron chi connectivity index (χ0n) is 7.72. The lowest BCUT2D eigenvalue weighted by Crippen LogP contribution is -2.03. The average Bonchev–Trinajstić information content (AvgIpc) is 2.07. The van der Waals surface area contributed by atoms with Crippen LogP contribution in [0.1, 0.15) is 18.9 Å². The first-order valence-corrected chi connectivity index (χ1v) is 4.91. The van der Waals surface area contributed by atoms with Crippen molar-refractivity contribution in [2.45, 2.75) is 20.3 Å². The molecule has 0 radical (unpaired) electrons. The molecule has 12 heavy (non-hydrogen) atoms. The van der Waals surface area contributed by atoms with Gasteiger partial charge in [0.15, 0.2) is 0 Å². The first-order chi connectivity index (χ1) is 5.74. The standard InChI is InChI=1S/C10H16NP/c1-3-6-11-9-5-4-8(2)10(12)7-9/h4-5,7,11H,3,6,12H2,1-2H3. The van der Waals surface area contributed by atoms with E-state index < -0.39 is 0 Å². The number of aryl methyl sites for hydroxylation is 1. The van der Waals surface area contributed by atoms with Gasteiger partial charge in [-0.25, -0.2) is 0 Å². The topological polar surface area (TPSA) is 12.0 Å². The Bertz CT molecular complexity index is 258. The van der Waals surface area contributed by atoms with Gasteiger partial charge in [0.05, 0.1) is 0 Å². The fraction of sp³-hybridized carbons (Fsp3) is 0.400. The van der Waals surface area contributed by atoms with Crippen molar-refractivity contribution in [3.05, 3.63) is 23.8 Å². The fourth-order valence-corrected chi connectivity index (χ4v) is 1.30. The van der Waals surface area contributed by atoms with Gasteiger partial charge in [0.25, 0.3) is 0 Å². The third kappa shape index (κ3) is 2.49. The van der Waals surface area contributed by atoms with Gasteiger partial charge in [-0.15, -0.1) is 9.24 Å². The Morgan fingerprint density at radius 1 is 1.42 bits per heavy atom. The quantitative estimate of drug-likeness (QED) is 0.705. The van der Waals surface area contributed by atoms with Gasteiger partial charge in [-0.3, -0.25) is 0 Å². The maximum Gasteiger partial charge on any atom is 0.0346 e. The van der Waals surface area contributed by atoms with Crippen molar-refractivity contribution >= 4 is 20.2 Å². The molecular formula is C10H16NP. The zero-order valence-corrected chi connectivity index (χ0v) is 8.88. The third-order valence-electron chi connectivity index (χ3n) is 1.86. The van der Waals surface area contributed by atoms with Crippen LogP contribution in [0.4, 0.5) is 5.69 Å². The van der Waals surface area contributed by atoms with Crippen molar-refractivity contribution < 1.29 is 0 Å². The lowest BCUT2D eigenvalue weighted by atomic mass is 10.2. The molecule has 0 amide bonds. The summed E-state index contributed by atoms with van der Waals surface area (Å²) in [6, 6.07) is 6.43. The Labute approximate surface area is 76.8 Å². The molecule has 0 aliphatic rings. The van der Waals surface area contributed by atoms with Gasteiger partial charge in [-0.2, -0.15) is 0 Å². The normalized spacial score (nSPS) is 9.92. The smallest absolute Gasteiger partial charge is 0.0346 e. The summed E-state index contributed by atoms with van der Waals surface area (Å²) in [5.74, 6) is 0. The van der Waals surface area contributed by atoms with Crippen molar-refractivity contribution in [2.75, 3.05) is 11.9 Å². The monoisotopic (exact) mass is 181 g/mol. The van der Waals surface area contributed by atoms with Gasteiger partial charge in [-0.05, 0) is 36.3 Å². The summed E-state index contributed by atoms with van der Waals surface area (Å²) in [5, 5.41) is 4.62. The van der Waals surface area contributed by atoms with Crippen LogP contribution < -0.4 is 10.6 Å². The molecule has 0 heterocycles. The molecule has 66 valence electrons. The highest BCUT2D eigenvalue weighted by atomic mass is 31.0. The van der Waals surface area contributed by atoms with Gasteiger partial charge in [0, 0.05) is 12.2 Å². The van der Waals surface area contributed by atoms with Crippen molar-refractivity contribution in [3.8, 4) is 0 Å². The number of nitrogens with one attached hydrogen (secondary N) is 1. The summed E-state index contributed by atoms with van der Waals surface area (Å²) in [4.78, 5) is 0. The van der Waals surface area contributed by atoms with Crippen LogP contribution in [-0.2, 0) is 0 Å². The van der Waals surface area contributed by atoms with E-state index in [-0.39, 0.29) is 0 Å². The van der Waals surface area contributed by atoms with Crippen LogP contribution in [0.3, 0.4) is 0 Å². The highest BCUT2D eigenvalue weighted by Gasteiger charge is 1.94. The summed E-state index contributed by atoms with van der Waals surface area (Å²) in [5.41, 5.74) is 2.54. The number of rotatable bonds is 3. The molecule has 1 nitrogen and oxygen atoms in total. The second-order valence-corrected chi connectivity index (χ2v) is 3.62. The Kier molecular flexibility index (Phi) is 3.55. The summed E-state index contributed by atoms with van der Waals surface area (Å²) >= 11 is 0. The number of hydrogen-bond acceptors (Lipinski definition) is 1. The fourth-order valence-electron chi connectivity index (χ4n) is 1.02. The van der Waals surface area contributed by atoms with Crippen molar-refractivity contribution in [2.24, 2.45) is 0 Å². The zero-order chi connectivity index (χ0) is 8.97. The summed E-state index contributed by atoms with van der Waals surface area (Å²) in [6.45, 7) is 5.34. The molecule has 1 N–H and O–H groups in total. The number of anilines is 1. The summed E-state index contributed by atoms with van der Waals surface area (Å²) in [7, 11) is 2.75. The van der Waals surface area contributed by atoms with E-state index in [1.54, 1.807) is 0 Å². The van der Waals surface area contributed by atoms with E-state index in [4.69, 9.17) is 0 Å². The molecule has 1 aromatic carbocycles. The predicted molar refractivity (Wildman–Crippen MR) is 59.3 cm³/mol. The maximum atomic E-state index is 3.35. The molecule has 0 fully saturated rings. The first kappa shape index (κ1) is 9.54. The van der Waals surface area contributed by atoms with Crippen LogP contribution in [0.5, 0.6) is 0 Å². The van der Waals surface area contributed by atoms with Gasteiger partial charge in [-0.1, -0.05) is 13.0 Å². The largest absolute Gasteiger partial charge is 0.385 e. The van der Waals surface area contributed by atoms with Crippen LogP contribution in [0, 0.1) is 6.92 Å². The summed E-state index contributed by atoms with van der Waals surface area (Å²) < 4.78 is 0. The van der Waals surface area contributed by atoms with Crippen LogP contribution in [0.15, 0.2) is 18.2 Å². The highest BCUT2D eigenvalue weighted by molar-refractivity contribution is 7.27. The van der Waals surface area contributed by atoms with E-state index in [0.717, 1.165) is 6.54 Å². The average molecular weight is 181 g/mol. The molecular weight excluding hydrogens is 165 g/mol. The minimum Gasteiger partial charge on any atom is -0.385 e. The molecule has 0 saturated heterocycles. The Hall–Kier alpha value is -0.550. The highest BCUT2D eigenvalue weighted by Crippen LogP contribution is 2.08. The van der Waals surface area contributed by atoms with E-state index in [1.165, 1.54) is 23.0 Å². The molecule has 1 atom stereocenters. The second kappa shape index (κ2) is 4.47. The minimum atomic E-state index is 1.05. The minimum absolute atomic E-state index is 1.05. The lowest BCUT2D eigenvalue weighted by Gasteiger charge is -2.06. The molecule has 1 unspecified atom stereocenters. The summed E-state index contributed by atoms with van der Waals surface area (Å²) in [6.07, 6.45) is 1.17. The van der Waals surface area contributed by atoms with Crippen LogP contribution in [0.25, 0.3) is 0 Å². The Morgan fingerprint density at radius 3 is 2.75 bits per heavy atom. The maximum absolute atomic E-state index is 3.35. The number of benzene rings is 1. The molecule has 0 aliphatic carbocycles. The molecule has 0 saturated carbocycles. The van der Waals surface area contributed by atoms with Crippen molar-refractivity contribution in [1.29, 1.82) is 0 Å². The van der Waals surface area contributed by atoms with Crippen LogP contribution in [0.2, 0.25) is 0 Å². The van der Waals surface area contributed by atoms with Crippen LogP contribution >= 0.6 is 9.24 Å². The Morgan fingerprint density at radius 2 is 2.17 bits per heavy atom. The van der Waals surface area contributed by atoms with Gasteiger partial charge >= 0.3 is 0 Å². The molecule has 0 spiro atoms.